The standard InChI is InChI=1S/C13H14ClNO5S/c14-10-3-1-9(2-4-10)5-6-21(19,20)15-8-11(16)7-12(15)13(17)18/h1-6,11-12,16H,7-8H2,(H,17,18)/t11-,12+/m1/s1. The van der Waals surface area contributed by atoms with Crippen LogP contribution in [0, 0.1) is 0 Å². The van der Waals surface area contributed by atoms with Crippen LogP contribution in [0.5, 0.6) is 0 Å². The number of sulfonamides is 1. The molecule has 2 rings (SSSR count). The molecule has 0 radical (unpaired) electrons. The molecule has 21 heavy (non-hydrogen) atoms. The second-order valence-electron chi connectivity index (χ2n) is 4.71. The Labute approximate surface area is 127 Å². The Balaban J connectivity index is 2.21. The summed E-state index contributed by atoms with van der Waals surface area (Å²) >= 11 is 5.73. The molecule has 0 unspecified atom stereocenters. The van der Waals surface area contributed by atoms with Crippen molar-refractivity contribution in [3.63, 3.8) is 0 Å². The van der Waals surface area contributed by atoms with E-state index in [0.29, 0.717) is 10.6 Å². The molecule has 1 saturated heterocycles. The van der Waals surface area contributed by atoms with Gasteiger partial charge in [0, 0.05) is 23.4 Å². The van der Waals surface area contributed by atoms with E-state index in [1.165, 1.54) is 6.08 Å². The molecule has 1 heterocycles. The molecule has 1 aliphatic rings. The molecule has 0 bridgehead atoms. The van der Waals surface area contributed by atoms with Gasteiger partial charge in [-0.25, -0.2) is 8.42 Å². The number of carboxylic acids is 1. The first kappa shape index (κ1) is 16.0. The van der Waals surface area contributed by atoms with E-state index in [0.717, 1.165) is 9.71 Å². The van der Waals surface area contributed by atoms with Crippen molar-refractivity contribution in [2.24, 2.45) is 0 Å². The highest BCUT2D eigenvalue weighted by Gasteiger charge is 2.41. The number of β-amino-alcohol motifs (C(OH)–C–C–N with tert-alkyl or cyclic N) is 1. The molecule has 1 aromatic rings. The maximum atomic E-state index is 12.2. The number of aliphatic hydroxyl groups excluding tert-OH is 1. The Morgan fingerprint density at radius 1 is 1.33 bits per heavy atom. The second kappa shape index (κ2) is 6.15. The number of carbonyl (C=O) groups is 1. The van der Waals surface area contributed by atoms with Crippen molar-refractivity contribution in [2.75, 3.05) is 6.54 Å². The molecule has 114 valence electrons. The van der Waals surface area contributed by atoms with Crippen LogP contribution in [0.4, 0.5) is 0 Å². The minimum Gasteiger partial charge on any atom is -0.480 e. The molecule has 8 heteroatoms. The Morgan fingerprint density at radius 3 is 2.52 bits per heavy atom. The lowest BCUT2D eigenvalue weighted by Crippen LogP contribution is -2.39. The quantitative estimate of drug-likeness (QED) is 0.863. The summed E-state index contributed by atoms with van der Waals surface area (Å²) in [4.78, 5) is 11.1. The van der Waals surface area contributed by atoms with Gasteiger partial charge in [-0.1, -0.05) is 23.7 Å². The van der Waals surface area contributed by atoms with Gasteiger partial charge in [-0.2, -0.15) is 4.31 Å². The van der Waals surface area contributed by atoms with Gasteiger partial charge in [-0.15, -0.1) is 0 Å². The number of aliphatic hydroxyl groups is 1. The summed E-state index contributed by atoms with van der Waals surface area (Å²) in [7, 11) is -3.92. The number of hydrogen-bond donors (Lipinski definition) is 2. The largest absolute Gasteiger partial charge is 0.480 e. The smallest absolute Gasteiger partial charge is 0.322 e. The topological polar surface area (TPSA) is 94.9 Å². The van der Waals surface area contributed by atoms with E-state index in [1.807, 2.05) is 0 Å². The predicted molar refractivity (Wildman–Crippen MR) is 78.2 cm³/mol. The Bertz CT molecular complexity index is 656. The van der Waals surface area contributed by atoms with E-state index in [-0.39, 0.29) is 13.0 Å². The lowest BCUT2D eigenvalue weighted by Gasteiger charge is -2.18. The van der Waals surface area contributed by atoms with Crippen molar-refractivity contribution in [2.45, 2.75) is 18.6 Å². The molecule has 1 aliphatic heterocycles. The molecule has 6 nitrogen and oxygen atoms in total. The number of hydrogen-bond acceptors (Lipinski definition) is 4. The van der Waals surface area contributed by atoms with Crippen LogP contribution in [0.25, 0.3) is 6.08 Å². The van der Waals surface area contributed by atoms with Crippen molar-refractivity contribution >= 4 is 33.7 Å². The summed E-state index contributed by atoms with van der Waals surface area (Å²) in [5, 5.41) is 20.0. The number of halogens is 1. The van der Waals surface area contributed by atoms with Gasteiger partial charge in [0.2, 0.25) is 10.0 Å². The highest BCUT2D eigenvalue weighted by atomic mass is 35.5. The average molecular weight is 332 g/mol. The third-order valence-corrected chi connectivity index (χ3v) is 4.94. The zero-order valence-electron chi connectivity index (χ0n) is 10.9. The molecule has 1 aromatic carbocycles. The molecule has 1 fully saturated rings. The van der Waals surface area contributed by atoms with Crippen LogP contribution in [0.1, 0.15) is 12.0 Å². The minimum atomic E-state index is -3.92. The number of rotatable bonds is 4. The van der Waals surface area contributed by atoms with Crippen LogP contribution < -0.4 is 0 Å². The maximum Gasteiger partial charge on any atom is 0.322 e. The fourth-order valence-corrected chi connectivity index (χ4v) is 3.63. The average Bonchev–Trinajstić information content (AvgIpc) is 2.81. The van der Waals surface area contributed by atoms with E-state index >= 15 is 0 Å². The number of carboxylic acid groups (broad SMARTS) is 1. The Hall–Kier alpha value is -1.41. The summed E-state index contributed by atoms with van der Waals surface area (Å²) in [6.45, 7) is -0.218. The number of nitrogens with zero attached hydrogens (tertiary/aromatic N) is 1. The summed E-state index contributed by atoms with van der Waals surface area (Å²) in [5.74, 6) is -1.27. The van der Waals surface area contributed by atoms with E-state index in [4.69, 9.17) is 16.7 Å². The molecule has 0 saturated carbocycles. The molecular formula is C13H14ClNO5S. The summed E-state index contributed by atoms with van der Waals surface area (Å²) in [6.07, 6.45) is 0.281. The van der Waals surface area contributed by atoms with Gasteiger partial charge in [0.1, 0.15) is 6.04 Å². The SMILES string of the molecule is O=C(O)[C@@H]1C[C@@H](O)CN1S(=O)(=O)C=Cc1ccc(Cl)cc1. The first-order chi connectivity index (χ1) is 9.79. The fourth-order valence-electron chi connectivity index (χ4n) is 2.11. The van der Waals surface area contributed by atoms with Gasteiger partial charge < -0.3 is 10.2 Å². The van der Waals surface area contributed by atoms with Crippen molar-refractivity contribution < 1.29 is 23.4 Å². The molecule has 0 aliphatic carbocycles. The first-order valence-electron chi connectivity index (χ1n) is 6.16. The van der Waals surface area contributed by atoms with E-state index in [2.05, 4.69) is 0 Å². The zero-order chi connectivity index (χ0) is 15.6. The molecule has 2 N–H and O–H groups in total. The van der Waals surface area contributed by atoms with Crippen LogP contribution in [0.2, 0.25) is 5.02 Å². The van der Waals surface area contributed by atoms with Crippen LogP contribution in [0.15, 0.2) is 29.7 Å². The second-order valence-corrected chi connectivity index (χ2v) is 6.92. The van der Waals surface area contributed by atoms with Crippen LogP contribution >= 0.6 is 11.6 Å². The highest BCUT2D eigenvalue weighted by molar-refractivity contribution is 7.92. The molecule has 0 aromatic heterocycles. The lowest BCUT2D eigenvalue weighted by molar-refractivity contribution is -0.140. The van der Waals surface area contributed by atoms with Crippen molar-refractivity contribution in [3.05, 3.63) is 40.3 Å². The third kappa shape index (κ3) is 3.82. The maximum absolute atomic E-state index is 12.2. The monoisotopic (exact) mass is 331 g/mol. The van der Waals surface area contributed by atoms with Crippen molar-refractivity contribution in [3.8, 4) is 0 Å². The first-order valence-corrected chi connectivity index (χ1v) is 8.04. The third-order valence-electron chi connectivity index (χ3n) is 3.15. The fraction of sp³-hybridized carbons (Fsp3) is 0.308. The lowest BCUT2D eigenvalue weighted by atomic mass is 10.2. The minimum absolute atomic E-state index is 0.108. The van der Waals surface area contributed by atoms with E-state index < -0.39 is 28.1 Å². The van der Waals surface area contributed by atoms with Crippen molar-refractivity contribution in [1.82, 2.24) is 4.31 Å². The molecule has 2 atom stereocenters. The normalized spacial score (nSPS) is 23.7. The van der Waals surface area contributed by atoms with Gasteiger partial charge >= 0.3 is 5.97 Å². The predicted octanol–water partition coefficient (Wildman–Crippen LogP) is 1.16. The molecular weight excluding hydrogens is 318 g/mol. The summed E-state index contributed by atoms with van der Waals surface area (Å²) < 4.78 is 25.1. The van der Waals surface area contributed by atoms with Crippen LogP contribution in [-0.2, 0) is 14.8 Å². The molecule has 0 spiro atoms. The number of aliphatic carboxylic acids is 1. The van der Waals surface area contributed by atoms with Crippen LogP contribution in [0.3, 0.4) is 0 Å². The summed E-state index contributed by atoms with van der Waals surface area (Å²) in [5.41, 5.74) is 0.620. The van der Waals surface area contributed by atoms with E-state index in [9.17, 15) is 18.3 Å². The van der Waals surface area contributed by atoms with Gasteiger partial charge in [0.25, 0.3) is 0 Å². The zero-order valence-corrected chi connectivity index (χ0v) is 12.5. The highest BCUT2D eigenvalue weighted by Crippen LogP contribution is 2.23. The van der Waals surface area contributed by atoms with Gasteiger partial charge in [0.15, 0.2) is 0 Å². The number of benzene rings is 1. The van der Waals surface area contributed by atoms with Crippen molar-refractivity contribution in [1.29, 1.82) is 0 Å². The van der Waals surface area contributed by atoms with Crippen LogP contribution in [-0.4, -0.2) is 47.6 Å². The van der Waals surface area contributed by atoms with Gasteiger partial charge in [-0.05, 0) is 23.8 Å². The Kier molecular flexibility index (Phi) is 4.67. The molecule has 0 amide bonds. The Morgan fingerprint density at radius 2 is 1.95 bits per heavy atom. The summed E-state index contributed by atoms with van der Waals surface area (Å²) in [6, 6.07) is 5.28. The van der Waals surface area contributed by atoms with Gasteiger partial charge in [0.05, 0.1) is 6.10 Å². The van der Waals surface area contributed by atoms with E-state index in [1.54, 1.807) is 24.3 Å². The van der Waals surface area contributed by atoms with Gasteiger partial charge in [-0.3, -0.25) is 4.79 Å².